The van der Waals surface area contributed by atoms with E-state index in [-0.39, 0.29) is 19.3 Å². The topological polar surface area (TPSA) is 205 Å². The number of carbonyl (C=O) groups is 5. The van der Waals surface area contributed by atoms with Gasteiger partial charge < -0.3 is 37.2 Å². The third-order valence-electron chi connectivity index (χ3n) is 4.89. The third-order valence-corrected chi connectivity index (χ3v) is 5.53. The number of hydrogen-bond acceptors (Lipinski definition) is 8. The first-order valence-electron chi connectivity index (χ1n) is 9.90. The van der Waals surface area contributed by atoms with Crippen molar-refractivity contribution in [1.29, 1.82) is 0 Å². The van der Waals surface area contributed by atoms with Crippen LogP contribution in [0.15, 0.2) is 0 Å². The molecule has 1 rings (SSSR count). The van der Waals surface area contributed by atoms with E-state index in [1.54, 1.807) is 0 Å². The van der Waals surface area contributed by atoms with E-state index in [2.05, 4.69) is 10.6 Å². The van der Waals surface area contributed by atoms with Gasteiger partial charge in [-0.05, 0) is 37.7 Å². The minimum absolute atomic E-state index is 0.177. The number of rotatable bonds is 13. The van der Waals surface area contributed by atoms with Crippen LogP contribution in [0.1, 0.15) is 32.1 Å². The summed E-state index contributed by atoms with van der Waals surface area (Å²) in [5, 5.41) is 23.3. The largest absolute Gasteiger partial charge is 0.480 e. The highest BCUT2D eigenvalue weighted by molar-refractivity contribution is 7.98. The number of carbonyl (C=O) groups excluding carboxylic acids is 4. The molecule has 13 heteroatoms. The number of nitrogens with two attached hydrogens (primary N) is 2. The number of likely N-dealkylation sites (tertiary alicyclic amines) is 1. The maximum Gasteiger partial charge on any atom is 0.326 e. The van der Waals surface area contributed by atoms with Gasteiger partial charge in [-0.1, -0.05) is 0 Å². The second kappa shape index (κ2) is 13.1. The van der Waals surface area contributed by atoms with Crippen LogP contribution in [-0.2, 0) is 24.0 Å². The SMILES string of the molecule is CSCCC(NC(=O)C1CCCN1C(=O)C(N)CO)C(=O)NC(CCC(N)=O)C(=O)O. The summed E-state index contributed by atoms with van der Waals surface area (Å²) in [6, 6.07) is -4.33. The number of carboxylic acids is 1. The van der Waals surface area contributed by atoms with Crippen molar-refractivity contribution in [2.45, 2.75) is 56.3 Å². The van der Waals surface area contributed by atoms with Gasteiger partial charge in [-0.15, -0.1) is 0 Å². The maximum atomic E-state index is 12.8. The Morgan fingerprint density at radius 1 is 1.16 bits per heavy atom. The van der Waals surface area contributed by atoms with Crippen LogP contribution in [0.25, 0.3) is 0 Å². The summed E-state index contributed by atoms with van der Waals surface area (Å²) in [4.78, 5) is 61.4. The molecule has 4 amide bonds. The molecular weight excluding hydrogens is 430 g/mol. The van der Waals surface area contributed by atoms with Gasteiger partial charge in [0.1, 0.15) is 24.2 Å². The van der Waals surface area contributed by atoms with E-state index in [9.17, 15) is 29.1 Å². The molecule has 1 saturated heterocycles. The summed E-state index contributed by atoms with van der Waals surface area (Å²) in [6.45, 7) is -0.245. The lowest BCUT2D eigenvalue weighted by Crippen LogP contribution is -2.57. The van der Waals surface area contributed by atoms with E-state index >= 15 is 0 Å². The van der Waals surface area contributed by atoms with Crippen molar-refractivity contribution < 1.29 is 34.2 Å². The van der Waals surface area contributed by atoms with Gasteiger partial charge in [0.2, 0.25) is 23.6 Å². The molecule has 0 aromatic rings. The summed E-state index contributed by atoms with van der Waals surface area (Å²) in [5.74, 6) is -3.32. The molecule has 1 heterocycles. The highest BCUT2D eigenvalue weighted by Gasteiger charge is 2.37. The Kier molecular flexibility index (Phi) is 11.3. The van der Waals surface area contributed by atoms with E-state index in [1.165, 1.54) is 16.7 Å². The molecule has 0 aromatic carbocycles. The number of nitrogens with zero attached hydrogens (tertiary/aromatic N) is 1. The maximum absolute atomic E-state index is 12.8. The molecule has 4 unspecified atom stereocenters. The average Bonchev–Trinajstić information content (AvgIpc) is 3.22. The number of aliphatic hydroxyl groups is 1. The molecule has 176 valence electrons. The van der Waals surface area contributed by atoms with Crippen LogP contribution >= 0.6 is 11.8 Å². The monoisotopic (exact) mass is 461 g/mol. The molecule has 0 aliphatic carbocycles. The van der Waals surface area contributed by atoms with Gasteiger partial charge in [0.25, 0.3) is 0 Å². The highest BCUT2D eigenvalue weighted by atomic mass is 32.2. The molecule has 0 aromatic heterocycles. The second-order valence-corrected chi connectivity index (χ2v) is 8.21. The van der Waals surface area contributed by atoms with Gasteiger partial charge >= 0.3 is 5.97 Å². The van der Waals surface area contributed by atoms with Crippen LogP contribution in [0.3, 0.4) is 0 Å². The number of primary amides is 1. The smallest absolute Gasteiger partial charge is 0.326 e. The van der Waals surface area contributed by atoms with Crippen molar-refractivity contribution in [3.05, 3.63) is 0 Å². The van der Waals surface area contributed by atoms with Crippen molar-refractivity contribution in [3.63, 3.8) is 0 Å². The van der Waals surface area contributed by atoms with Gasteiger partial charge in [0, 0.05) is 13.0 Å². The van der Waals surface area contributed by atoms with Gasteiger partial charge in [-0.3, -0.25) is 19.2 Å². The van der Waals surface area contributed by atoms with Crippen LogP contribution in [0.5, 0.6) is 0 Å². The number of nitrogens with one attached hydrogen (secondary N) is 2. The predicted octanol–water partition coefficient (Wildman–Crippen LogP) is -2.63. The molecule has 1 aliphatic heterocycles. The van der Waals surface area contributed by atoms with Crippen molar-refractivity contribution in [3.8, 4) is 0 Å². The van der Waals surface area contributed by atoms with E-state index in [1.807, 2.05) is 6.26 Å². The molecule has 1 fully saturated rings. The molecule has 0 radical (unpaired) electrons. The fourth-order valence-corrected chi connectivity index (χ4v) is 3.65. The zero-order chi connectivity index (χ0) is 23.6. The van der Waals surface area contributed by atoms with Crippen molar-refractivity contribution in [2.75, 3.05) is 25.2 Å². The zero-order valence-electron chi connectivity index (χ0n) is 17.4. The molecule has 1 aliphatic rings. The molecule has 0 spiro atoms. The Morgan fingerprint density at radius 2 is 1.84 bits per heavy atom. The lowest BCUT2D eigenvalue weighted by molar-refractivity contribution is -0.143. The van der Waals surface area contributed by atoms with Crippen molar-refractivity contribution in [2.24, 2.45) is 11.5 Å². The summed E-state index contributed by atoms with van der Waals surface area (Å²) < 4.78 is 0. The molecular formula is C18H31N5O7S. The van der Waals surface area contributed by atoms with E-state index < -0.39 is 60.4 Å². The number of aliphatic carboxylic acids is 1. The standard InChI is InChI=1S/C18H31N5O7S/c1-31-8-6-11(15(26)22-12(18(29)30)4-5-14(20)25)21-16(27)13-3-2-7-23(13)17(28)10(19)9-24/h10-13,24H,2-9,19H2,1H3,(H2,20,25)(H,21,27)(H,22,26)(H,29,30). The number of hydrogen-bond donors (Lipinski definition) is 6. The number of thioether (sulfide) groups is 1. The molecule has 0 saturated carbocycles. The molecule has 8 N–H and O–H groups in total. The first-order valence-corrected chi connectivity index (χ1v) is 11.3. The van der Waals surface area contributed by atoms with Crippen LogP contribution < -0.4 is 22.1 Å². The van der Waals surface area contributed by atoms with Crippen LogP contribution in [0, 0.1) is 0 Å². The van der Waals surface area contributed by atoms with Gasteiger partial charge in [-0.25, -0.2) is 4.79 Å². The Labute approximate surface area is 184 Å². The number of aliphatic hydroxyl groups excluding tert-OH is 1. The predicted molar refractivity (Wildman–Crippen MR) is 113 cm³/mol. The molecule has 12 nitrogen and oxygen atoms in total. The summed E-state index contributed by atoms with van der Waals surface area (Å²) >= 11 is 1.44. The highest BCUT2D eigenvalue weighted by Crippen LogP contribution is 2.19. The summed E-state index contributed by atoms with van der Waals surface area (Å²) in [5.41, 5.74) is 10.6. The van der Waals surface area contributed by atoms with Gasteiger partial charge in [0.15, 0.2) is 0 Å². The van der Waals surface area contributed by atoms with Gasteiger partial charge in [-0.2, -0.15) is 11.8 Å². The van der Waals surface area contributed by atoms with Crippen molar-refractivity contribution in [1.82, 2.24) is 15.5 Å². The molecule has 4 atom stereocenters. The fourth-order valence-electron chi connectivity index (χ4n) is 3.18. The Bertz CT molecular complexity index is 678. The normalized spacial score (nSPS) is 18.7. The minimum Gasteiger partial charge on any atom is -0.480 e. The van der Waals surface area contributed by atoms with E-state index in [0.29, 0.717) is 25.1 Å². The number of amides is 4. The summed E-state index contributed by atoms with van der Waals surface area (Å²) in [6.07, 6.45) is 2.60. The summed E-state index contributed by atoms with van der Waals surface area (Å²) in [7, 11) is 0. The first-order chi connectivity index (χ1) is 14.6. The van der Waals surface area contributed by atoms with E-state index in [4.69, 9.17) is 16.6 Å². The second-order valence-electron chi connectivity index (χ2n) is 7.23. The zero-order valence-corrected chi connectivity index (χ0v) is 18.2. The number of carboxylic acid groups (broad SMARTS) is 1. The quantitative estimate of drug-likeness (QED) is 0.169. The minimum atomic E-state index is -1.33. The van der Waals surface area contributed by atoms with Crippen LogP contribution in [-0.4, -0.2) is 94.0 Å². The lowest BCUT2D eigenvalue weighted by atomic mass is 10.1. The van der Waals surface area contributed by atoms with Crippen molar-refractivity contribution >= 4 is 41.4 Å². The molecule has 31 heavy (non-hydrogen) atoms. The Morgan fingerprint density at radius 3 is 2.39 bits per heavy atom. The molecule has 0 bridgehead atoms. The van der Waals surface area contributed by atoms with Gasteiger partial charge in [0.05, 0.1) is 6.61 Å². The Balaban J connectivity index is 2.86. The third kappa shape index (κ3) is 8.34. The fraction of sp³-hybridized carbons (Fsp3) is 0.722. The Hall–Kier alpha value is -2.38. The lowest BCUT2D eigenvalue weighted by Gasteiger charge is -2.28. The first kappa shape index (κ1) is 26.7. The average molecular weight is 462 g/mol. The van der Waals surface area contributed by atoms with E-state index in [0.717, 1.165) is 0 Å². The van der Waals surface area contributed by atoms with Crippen LogP contribution in [0.2, 0.25) is 0 Å². The van der Waals surface area contributed by atoms with Crippen LogP contribution in [0.4, 0.5) is 0 Å².